The van der Waals surface area contributed by atoms with Crippen LogP contribution < -0.4 is 4.18 Å². The van der Waals surface area contributed by atoms with Gasteiger partial charge < -0.3 is 4.18 Å². The number of fused-ring (bicyclic) bond motifs is 1. The molecule has 1 atom stereocenters. The lowest BCUT2D eigenvalue weighted by Crippen LogP contribution is -2.19. The summed E-state index contributed by atoms with van der Waals surface area (Å²) in [5, 5.41) is 10.6. The van der Waals surface area contributed by atoms with E-state index >= 15 is 0 Å². The average Bonchev–Trinajstić information content (AvgIpc) is 2.49. The highest BCUT2D eigenvalue weighted by atomic mass is 79.9. The average molecular weight is 398 g/mol. The summed E-state index contributed by atoms with van der Waals surface area (Å²) in [6, 6.07) is 8.30. The zero-order valence-electron chi connectivity index (χ0n) is 12.0. The molecule has 0 unspecified atom stereocenters. The second kappa shape index (κ2) is 5.61. The van der Waals surface area contributed by atoms with Crippen molar-refractivity contribution in [2.45, 2.75) is 24.2 Å². The normalized spacial score (nSPS) is 16.3. The van der Waals surface area contributed by atoms with Crippen molar-refractivity contribution in [1.29, 1.82) is 0 Å². The smallest absolute Gasteiger partial charge is 0.339 e. The molecule has 0 amide bonds. The molecule has 0 aromatic heterocycles. The first kappa shape index (κ1) is 15.9. The van der Waals surface area contributed by atoms with Gasteiger partial charge in [-0.1, -0.05) is 13.0 Å². The highest BCUT2D eigenvalue weighted by molar-refractivity contribution is 9.10. The highest BCUT2D eigenvalue weighted by Gasteiger charge is 2.30. The lowest BCUT2D eigenvalue weighted by molar-refractivity contribution is -0.384. The Hall–Kier alpha value is -1.93. The molecule has 1 aliphatic rings. The summed E-state index contributed by atoms with van der Waals surface area (Å²) in [6.07, 6.45) is 0.885. The summed E-state index contributed by atoms with van der Waals surface area (Å²) in [4.78, 5) is 9.93. The Morgan fingerprint density at radius 1 is 1.22 bits per heavy atom. The first-order valence-corrected chi connectivity index (χ1v) is 9.00. The molecule has 1 aliphatic carbocycles. The van der Waals surface area contributed by atoms with Crippen LogP contribution in [0.1, 0.15) is 24.0 Å². The molecular formula is C15H12BrNO5S. The van der Waals surface area contributed by atoms with E-state index in [9.17, 15) is 18.5 Å². The van der Waals surface area contributed by atoms with Gasteiger partial charge in [0.15, 0.2) is 5.75 Å². The molecule has 2 aromatic carbocycles. The van der Waals surface area contributed by atoms with Gasteiger partial charge in [-0.15, -0.1) is 0 Å². The van der Waals surface area contributed by atoms with Gasteiger partial charge in [-0.3, -0.25) is 10.1 Å². The van der Waals surface area contributed by atoms with Crippen molar-refractivity contribution < 1.29 is 17.5 Å². The van der Waals surface area contributed by atoms with E-state index in [1.807, 2.05) is 13.0 Å². The molecule has 0 fully saturated rings. The zero-order chi connectivity index (χ0) is 16.8. The fraction of sp³-hybridized carbons (Fsp3) is 0.200. The number of nitro benzene ring substituents is 1. The summed E-state index contributed by atoms with van der Waals surface area (Å²) in [5.41, 5.74) is 1.77. The quantitative estimate of drug-likeness (QED) is 0.444. The second-order valence-electron chi connectivity index (χ2n) is 5.34. The van der Waals surface area contributed by atoms with Gasteiger partial charge in [-0.05, 0) is 52.0 Å². The number of rotatable bonds is 4. The fourth-order valence-electron chi connectivity index (χ4n) is 2.61. The largest absolute Gasteiger partial charge is 0.377 e. The number of nitrogens with zero attached hydrogens (tertiary/aromatic N) is 1. The minimum atomic E-state index is -4.06. The molecule has 8 heteroatoms. The predicted molar refractivity (Wildman–Crippen MR) is 87.2 cm³/mol. The van der Waals surface area contributed by atoms with Gasteiger partial charge in [0.1, 0.15) is 4.90 Å². The maximum absolute atomic E-state index is 12.4. The number of nitro groups is 1. The van der Waals surface area contributed by atoms with E-state index in [4.69, 9.17) is 4.18 Å². The van der Waals surface area contributed by atoms with Crippen LogP contribution in [0.15, 0.2) is 45.8 Å². The Labute approximate surface area is 141 Å². The first-order valence-electron chi connectivity index (χ1n) is 6.80. The van der Waals surface area contributed by atoms with Gasteiger partial charge in [0.2, 0.25) is 0 Å². The second-order valence-corrected chi connectivity index (χ2v) is 7.74. The number of hydrogen-bond acceptors (Lipinski definition) is 5. The minimum Gasteiger partial charge on any atom is -0.377 e. The SMILES string of the molecule is C[C@@H]1Cc2ccc(Br)c(OS(=O)(=O)c3ccc([N+](=O)[O-])cc3)c21. The molecule has 0 heterocycles. The van der Waals surface area contributed by atoms with Crippen LogP contribution in [-0.4, -0.2) is 13.3 Å². The van der Waals surface area contributed by atoms with Gasteiger partial charge in [0.25, 0.3) is 5.69 Å². The van der Waals surface area contributed by atoms with E-state index in [2.05, 4.69) is 15.9 Å². The van der Waals surface area contributed by atoms with Crippen LogP contribution in [0.5, 0.6) is 5.75 Å². The molecule has 0 spiro atoms. The van der Waals surface area contributed by atoms with Gasteiger partial charge in [-0.2, -0.15) is 8.42 Å². The van der Waals surface area contributed by atoms with Gasteiger partial charge >= 0.3 is 10.1 Å². The Kier molecular flexibility index (Phi) is 3.89. The van der Waals surface area contributed by atoms with Crippen LogP contribution in [0, 0.1) is 10.1 Å². The number of benzene rings is 2. The third-order valence-electron chi connectivity index (χ3n) is 3.79. The van der Waals surface area contributed by atoms with E-state index < -0.39 is 15.0 Å². The lowest BCUT2D eigenvalue weighted by Gasteiger charge is -2.29. The molecule has 23 heavy (non-hydrogen) atoms. The van der Waals surface area contributed by atoms with E-state index in [0.29, 0.717) is 10.2 Å². The van der Waals surface area contributed by atoms with Crippen LogP contribution >= 0.6 is 15.9 Å². The number of non-ortho nitro benzene ring substituents is 1. The molecule has 0 radical (unpaired) electrons. The summed E-state index contributed by atoms with van der Waals surface area (Å²) in [6.45, 7) is 2.00. The van der Waals surface area contributed by atoms with E-state index in [1.54, 1.807) is 6.07 Å². The Morgan fingerprint density at radius 2 is 1.87 bits per heavy atom. The fourth-order valence-corrected chi connectivity index (χ4v) is 4.11. The van der Waals surface area contributed by atoms with Crippen LogP contribution in [0.4, 0.5) is 5.69 Å². The van der Waals surface area contributed by atoms with Gasteiger partial charge in [-0.25, -0.2) is 0 Å². The van der Waals surface area contributed by atoms with Crippen molar-refractivity contribution in [2.24, 2.45) is 0 Å². The highest BCUT2D eigenvalue weighted by Crippen LogP contribution is 2.45. The van der Waals surface area contributed by atoms with Crippen molar-refractivity contribution in [1.82, 2.24) is 0 Å². The third-order valence-corrected chi connectivity index (χ3v) is 5.65. The molecule has 0 N–H and O–H groups in total. The van der Waals surface area contributed by atoms with Crippen molar-refractivity contribution in [3.8, 4) is 5.75 Å². The van der Waals surface area contributed by atoms with E-state index in [1.165, 1.54) is 12.1 Å². The first-order chi connectivity index (χ1) is 10.8. The van der Waals surface area contributed by atoms with E-state index in [-0.39, 0.29) is 16.5 Å². The molecule has 0 aliphatic heterocycles. The summed E-state index contributed by atoms with van der Waals surface area (Å²) in [5.74, 6) is 0.518. The monoisotopic (exact) mass is 397 g/mol. The third kappa shape index (κ3) is 2.84. The molecule has 3 rings (SSSR count). The van der Waals surface area contributed by atoms with Gasteiger partial charge in [0.05, 0.1) is 9.40 Å². The summed E-state index contributed by atoms with van der Waals surface area (Å²) in [7, 11) is -4.06. The van der Waals surface area contributed by atoms with Crippen LogP contribution in [0.3, 0.4) is 0 Å². The Morgan fingerprint density at radius 3 is 2.43 bits per heavy atom. The zero-order valence-corrected chi connectivity index (χ0v) is 14.4. The molecule has 0 saturated heterocycles. The number of hydrogen-bond donors (Lipinski definition) is 0. The maximum Gasteiger partial charge on any atom is 0.339 e. The minimum absolute atomic E-state index is 0.125. The van der Waals surface area contributed by atoms with Crippen molar-refractivity contribution in [2.75, 3.05) is 0 Å². The molecule has 0 bridgehead atoms. The molecule has 2 aromatic rings. The Bertz CT molecular complexity index is 893. The standard InChI is InChI=1S/C15H12BrNO5S/c1-9-8-10-2-7-13(16)15(14(9)10)22-23(20,21)12-5-3-11(4-6-12)17(18)19/h2-7,9H,8H2,1H3/t9-/m1/s1. The van der Waals surface area contributed by atoms with Crippen LogP contribution in [0.25, 0.3) is 0 Å². The maximum atomic E-state index is 12.4. The number of halogens is 1. The van der Waals surface area contributed by atoms with Crippen molar-refractivity contribution >= 4 is 31.7 Å². The lowest BCUT2D eigenvalue weighted by atomic mass is 9.78. The van der Waals surface area contributed by atoms with Crippen molar-refractivity contribution in [3.63, 3.8) is 0 Å². The van der Waals surface area contributed by atoms with Crippen LogP contribution in [-0.2, 0) is 16.5 Å². The summed E-state index contributed by atoms with van der Waals surface area (Å²) < 4.78 is 30.7. The molecule has 0 saturated carbocycles. The topological polar surface area (TPSA) is 86.5 Å². The summed E-state index contributed by atoms with van der Waals surface area (Å²) >= 11 is 3.32. The molecular weight excluding hydrogens is 386 g/mol. The van der Waals surface area contributed by atoms with Crippen molar-refractivity contribution in [3.05, 3.63) is 62.1 Å². The Balaban J connectivity index is 1.96. The molecule has 120 valence electrons. The molecule has 6 nitrogen and oxygen atoms in total. The van der Waals surface area contributed by atoms with E-state index in [0.717, 1.165) is 29.7 Å². The predicted octanol–water partition coefficient (Wildman–Crippen LogP) is 3.78. The van der Waals surface area contributed by atoms with Gasteiger partial charge in [0, 0.05) is 17.7 Å². The van der Waals surface area contributed by atoms with Crippen LogP contribution in [0.2, 0.25) is 0 Å².